The van der Waals surface area contributed by atoms with Crippen LogP contribution in [0.1, 0.15) is 13.8 Å². The number of hydrogen-bond acceptors (Lipinski definition) is 28. The molecule has 3 saturated heterocycles. The number of rotatable bonds is 25. The van der Waals surface area contributed by atoms with E-state index in [-0.39, 0.29) is 0 Å². The van der Waals surface area contributed by atoms with Crippen LogP contribution in [0.2, 0.25) is 0 Å². The lowest BCUT2D eigenvalue weighted by molar-refractivity contribution is -0.368. The van der Waals surface area contributed by atoms with Gasteiger partial charge in [0.15, 0.2) is 25.0 Å². The van der Waals surface area contributed by atoms with Crippen LogP contribution in [0, 0.1) is 0 Å². The maximum absolute atomic E-state index is 13.0. The molecule has 0 saturated carbocycles. The van der Waals surface area contributed by atoms with Gasteiger partial charge in [-0.05, 0) is 0 Å². The van der Waals surface area contributed by atoms with Gasteiger partial charge in [-0.2, -0.15) is 0 Å². The van der Waals surface area contributed by atoms with Crippen molar-refractivity contribution in [3.8, 4) is 0 Å². The Bertz CT molecular complexity index is 1490. The van der Waals surface area contributed by atoms with Gasteiger partial charge in [0.05, 0.1) is 52.9 Å². The van der Waals surface area contributed by atoms with Crippen LogP contribution in [0.15, 0.2) is 0 Å². The molecule has 3 aliphatic rings. The van der Waals surface area contributed by atoms with Crippen LogP contribution in [-0.4, -0.2) is 253 Å². The minimum absolute atomic E-state index is 0.506. The van der Waals surface area contributed by atoms with Crippen molar-refractivity contribution in [2.75, 3.05) is 59.5 Å². The summed E-state index contributed by atoms with van der Waals surface area (Å²) in [5, 5.41) is 122. The predicted octanol–water partition coefficient (Wildman–Crippen LogP) is -8.06. The van der Waals surface area contributed by atoms with E-state index in [4.69, 9.17) is 56.6 Å². The molecule has 0 radical (unpaired) electrons. The topological polar surface area (TPSA) is 462 Å². The Balaban J connectivity index is 1.73. The van der Waals surface area contributed by atoms with E-state index in [0.717, 1.165) is 13.8 Å². The second-order valence-corrected chi connectivity index (χ2v) is 17.0. The zero-order valence-corrected chi connectivity index (χ0v) is 35.2. The molecule has 370 valence electrons. The van der Waals surface area contributed by atoms with Gasteiger partial charge >= 0.3 is 27.6 Å². The van der Waals surface area contributed by atoms with Gasteiger partial charge < -0.3 is 109 Å². The third-order valence-electron chi connectivity index (χ3n) is 9.10. The Morgan fingerprint density at radius 3 is 1.60 bits per heavy atom. The number of phosphoric ester groups is 2. The largest absolute Gasteiger partial charge is 0.472 e. The number of hydrogen-bond donors (Lipinski definition) is 14. The SMILES string of the molecule is CC(=O)OCC(CO[C@H]1O[C@H](CO)[C@@H](O)[C@H](O)[C@H]1O[C@@H]1O[C@H](COP(=O)(O)OCC(COP(=O)(O)OCC(O)CO)O[C@H]2O[C@H](CO)[C@@H](O)[C@H](O)[C@H]2O)[C@@H](O)[C@H](O)[C@H]1O)OC(C)=O. The summed E-state index contributed by atoms with van der Waals surface area (Å²) in [6, 6.07) is 0. The van der Waals surface area contributed by atoms with Crippen molar-refractivity contribution in [2.45, 2.75) is 124 Å². The molecule has 0 aromatic heterocycles. The molecular formula is C31H56O30P2. The Kier molecular flexibility index (Phi) is 22.6. The smallest absolute Gasteiger partial charge is 0.462 e. The van der Waals surface area contributed by atoms with Crippen molar-refractivity contribution in [2.24, 2.45) is 0 Å². The van der Waals surface area contributed by atoms with Crippen molar-refractivity contribution in [1.29, 1.82) is 0 Å². The number of esters is 2. The molecule has 0 aromatic rings. The molecule has 0 bridgehead atoms. The molecule has 5 unspecified atom stereocenters. The molecule has 3 fully saturated rings. The monoisotopic (exact) mass is 970 g/mol. The van der Waals surface area contributed by atoms with Crippen molar-refractivity contribution in [1.82, 2.24) is 0 Å². The highest BCUT2D eigenvalue weighted by Crippen LogP contribution is 2.46. The highest BCUT2D eigenvalue weighted by atomic mass is 31.2. The van der Waals surface area contributed by atoms with E-state index in [1.807, 2.05) is 0 Å². The fraction of sp³-hybridized carbons (Fsp3) is 0.935. The lowest BCUT2D eigenvalue weighted by atomic mass is 9.97. The first-order valence-electron chi connectivity index (χ1n) is 18.8. The summed E-state index contributed by atoms with van der Waals surface area (Å²) < 4.78 is 87.1. The molecule has 0 aromatic carbocycles. The Hall–Kier alpha value is -1.56. The Labute approximate surface area is 357 Å². The molecule has 32 heteroatoms. The van der Waals surface area contributed by atoms with Gasteiger partial charge in [0.2, 0.25) is 0 Å². The molecule has 0 amide bonds. The van der Waals surface area contributed by atoms with Crippen molar-refractivity contribution < 1.29 is 146 Å². The number of carbonyl (C=O) groups is 2. The highest BCUT2D eigenvalue weighted by molar-refractivity contribution is 7.47. The van der Waals surface area contributed by atoms with Crippen molar-refractivity contribution in [3.63, 3.8) is 0 Å². The summed E-state index contributed by atoms with van der Waals surface area (Å²) in [7, 11) is -10.5. The molecule has 3 rings (SSSR count). The van der Waals surface area contributed by atoms with Gasteiger partial charge in [-0.15, -0.1) is 0 Å². The predicted molar refractivity (Wildman–Crippen MR) is 193 cm³/mol. The van der Waals surface area contributed by atoms with E-state index in [1.165, 1.54) is 0 Å². The molecule has 0 aliphatic carbocycles. The van der Waals surface area contributed by atoms with Gasteiger partial charge in [-0.25, -0.2) is 9.13 Å². The molecule has 20 atom stereocenters. The average Bonchev–Trinajstić information content (AvgIpc) is 3.23. The van der Waals surface area contributed by atoms with E-state index >= 15 is 0 Å². The zero-order chi connectivity index (χ0) is 47.4. The second-order valence-electron chi connectivity index (χ2n) is 14.1. The number of aliphatic hydroxyl groups is 12. The van der Waals surface area contributed by atoms with Crippen LogP contribution in [-0.2, 0) is 74.7 Å². The minimum atomic E-state index is -5.38. The van der Waals surface area contributed by atoms with Crippen molar-refractivity contribution in [3.05, 3.63) is 0 Å². The summed E-state index contributed by atoms with van der Waals surface area (Å²) in [5.41, 5.74) is 0. The molecule has 63 heavy (non-hydrogen) atoms. The Morgan fingerprint density at radius 2 is 1.06 bits per heavy atom. The minimum Gasteiger partial charge on any atom is -0.462 e. The van der Waals surface area contributed by atoms with Crippen LogP contribution >= 0.6 is 15.6 Å². The van der Waals surface area contributed by atoms with Crippen LogP contribution in [0.4, 0.5) is 0 Å². The maximum Gasteiger partial charge on any atom is 0.472 e. The number of aliphatic hydroxyl groups excluding tert-OH is 12. The third-order valence-corrected chi connectivity index (χ3v) is 11.0. The van der Waals surface area contributed by atoms with E-state index in [0.29, 0.717) is 0 Å². The fourth-order valence-corrected chi connectivity index (χ4v) is 7.30. The van der Waals surface area contributed by atoms with Gasteiger partial charge in [-0.1, -0.05) is 0 Å². The molecule has 3 aliphatic heterocycles. The van der Waals surface area contributed by atoms with Crippen LogP contribution < -0.4 is 0 Å². The number of ether oxygens (including phenoxy) is 8. The summed E-state index contributed by atoms with van der Waals surface area (Å²) in [6.07, 6.45) is -33.6. The van der Waals surface area contributed by atoms with E-state index < -0.39 is 197 Å². The van der Waals surface area contributed by atoms with Crippen LogP contribution in [0.3, 0.4) is 0 Å². The summed E-state index contributed by atoms with van der Waals surface area (Å²) in [4.78, 5) is 43.4. The third kappa shape index (κ3) is 16.9. The number of phosphoric acid groups is 2. The van der Waals surface area contributed by atoms with Gasteiger partial charge in [0.25, 0.3) is 0 Å². The normalized spacial score (nSPS) is 37.2. The van der Waals surface area contributed by atoms with Gasteiger partial charge in [-0.3, -0.25) is 27.7 Å². The Morgan fingerprint density at radius 1 is 0.571 bits per heavy atom. The van der Waals surface area contributed by atoms with E-state index in [2.05, 4.69) is 4.52 Å². The molecule has 3 heterocycles. The highest BCUT2D eigenvalue weighted by Gasteiger charge is 2.52. The molecule has 0 spiro atoms. The first kappa shape index (κ1) is 55.8. The quantitative estimate of drug-likeness (QED) is 0.0298. The zero-order valence-electron chi connectivity index (χ0n) is 33.4. The first-order valence-corrected chi connectivity index (χ1v) is 21.8. The number of carbonyl (C=O) groups excluding carboxylic acids is 2. The van der Waals surface area contributed by atoms with E-state index in [1.54, 1.807) is 0 Å². The fourth-order valence-electron chi connectivity index (χ4n) is 5.75. The molecule has 14 N–H and O–H groups in total. The van der Waals surface area contributed by atoms with Crippen LogP contribution in [0.25, 0.3) is 0 Å². The second kappa shape index (κ2) is 25.5. The standard InChI is InChI=1S/C31H56O30P2/c1-12(35)50-7-15(56-13(2)36)8-51-31-28(25(43)21(39)18(5-34)59-31)61-30-27(45)24(42)22(40)19(60-30)11-55-63(48,49)54-10-16(9-53-62(46,47)52-6-14(37)3-32)57-29-26(44)23(41)20(38)17(4-33)58-29/h14-34,37-45H,3-11H2,1-2H3,(H,46,47)(H,48,49)/t14?,15?,16?,17-,18-,19-,20-,21-,22-,23+,24+,25+,26-,27-,28-,29+,30+,31+/m1/s1. The van der Waals surface area contributed by atoms with Gasteiger partial charge in [0.1, 0.15) is 92.1 Å². The maximum atomic E-state index is 13.0. The lowest BCUT2D eigenvalue weighted by Gasteiger charge is -2.46. The summed E-state index contributed by atoms with van der Waals surface area (Å²) in [5.74, 6) is -1.57. The molecule has 30 nitrogen and oxygen atoms in total. The van der Waals surface area contributed by atoms with Crippen LogP contribution in [0.5, 0.6) is 0 Å². The summed E-state index contributed by atoms with van der Waals surface area (Å²) >= 11 is 0. The lowest BCUT2D eigenvalue weighted by Crippen LogP contribution is -2.64. The first-order chi connectivity index (χ1) is 29.4. The van der Waals surface area contributed by atoms with Gasteiger partial charge in [0, 0.05) is 13.8 Å². The molecular weight excluding hydrogens is 914 g/mol. The summed E-state index contributed by atoms with van der Waals surface area (Å²) in [6.45, 7) is -6.02. The van der Waals surface area contributed by atoms with Crippen molar-refractivity contribution >= 4 is 27.6 Å². The average molecular weight is 971 g/mol. The van der Waals surface area contributed by atoms with E-state index in [9.17, 15) is 84.7 Å².